The molecule has 2 heterocycles. The zero-order valence-corrected chi connectivity index (χ0v) is 27.2. The minimum absolute atomic E-state index is 0.0267. The maximum Gasteiger partial charge on any atom is 0.423 e. The second-order valence-electron chi connectivity index (χ2n) is 11.2. The molecule has 0 aliphatic rings. The Morgan fingerprint density at radius 1 is 1.08 bits per heavy atom. The molecule has 2 atom stereocenters. The molecule has 0 unspecified atom stereocenters. The third-order valence-electron chi connectivity index (χ3n) is 7.14. The zero-order valence-electron chi connectivity index (χ0n) is 27.2. The van der Waals surface area contributed by atoms with E-state index in [0.29, 0.717) is 28.8 Å². The highest BCUT2D eigenvalue weighted by Crippen LogP contribution is 2.21. The SMILES string of the molecule is C#CCn1c(=O)n(C(=O)OCc2ccc(NC(=O)[C@H](CCCNC(N)=O)NC(=O)[C@@H](N)C(C)C)cc2)c2c(N)nc(OCCCC)nc21. The smallest absolute Gasteiger partial charge is 0.423 e. The Hall–Kier alpha value is -5.63. The van der Waals surface area contributed by atoms with Gasteiger partial charge in [-0.1, -0.05) is 45.2 Å². The molecule has 3 aromatic rings. The molecule has 3 rings (SSSR count). The molecule has 0 bridgehead atoms. The van der Waals surface area contributed by atoms with Crippen molar-refractivity contribution in [3.8, 4) is 18.4 Å². The van der Waals surface area contributed by atoms with Crippen LogP contribution in [0.3, 0.4) is 0 Å². The summed E-state index contributed by atoms with van der Waals surface area (Å²) in [5.41, 5.74) is 17.2. The number of primary amides is 1. The lowest BCUT2D eigenvalue weighted by atomic mass is 10.0. The minimum Gasteiger partial charge on any atom is -0.463 e. The Balaban J connectivity index is 1.71. The summed E-state index contributed by atoms with van der Waals surface area (Å²) in [4.78, 5) is 71.3. The van der Waals surface area contributed by atoms with Crippen LogP contribution in [0, 0.1) is 18.3 Å². The summed E-state index contributed by atoms with van der Waals surface area (Å²) in [5, 5.41) is 7.84. The maximum atomic E-state index is 13.2. The van der Waals surface area contributed by atoms with Gasteiger partial charge in [-0.25, -0.2) is 14.4 Å². The van der Waals surface area contributed by atoms with E-state index in [1.165, 1.54) is 0 Å². The number of ether oxygens (including phenoxy) is 2. The number of nitrogens with zero attached hydrogens (tertiary/aromatic N) is 4. The maximum absolute atomic E-state index is 13.2. The third-order valence-corrected chi connectivity index (χ3v) is 7.14. The molecule has 0 aliphatic heterocycles. The molecule has 17 nitrogen and oxygen atoms in total. The number of aromatic nitrogens is 4. The number of imidazole rings is 1. The van der Waals surface area contributed by atoms with Crippen molar-refractivity contribution in [2.24, 2.45) is 17.4 Å². The normalized spacial score (nSPS) is 12.2. The number of carbonyl (C=O) groups is 4. The molecule has 48 heavy (non-hydrogen) atoms. The van der Waals surface area contributed by atoms with Crippen molar-refractivity contribution in [2.75, 3.05) is 24.2 Å². The molecular formula is C31H42N10O7. The van der Waals surface area contributed by atoms with E-state index < -0.39 is 41.7 Å². The Kier molecular flexibility index (Phi) is 13.3. The lowest BCUT2D eigenvalue weighted by Gasteiger charge is -2.22. The fraction of sp³-hybridized carbons (Fsp3) is 0.452. The average Bonchev–Trinajstić information content (AvgIpc) is 3.32. The molecule has 9 N–H and O–H groups in total. The summed E-state index contributed by atoms with van der Waals surface area (Å²) in [6.07, 6.45) is 6.61. The molecule has 0 spiro atoms. The molecule has 1 aromatic carbocycles. The standard InChI is InChI=1S/C31H42N10O7/c1-5-7-16-47-29-38-24(33)23-25(39-29)40(15-6-2)30(45)41(23)31(46)48-17-19-10-12-20(13-11-19)36-26(42)21(9-8-14-35-28(34)44)37-27(43)22(32)18(3)4/h2,10-13,18,21-22H,5,7-9,14-17,32H2,1,3-4H3,(H,36,42)(H,37,43)(H2,33,38,39)(H3,34,35,44)/t21-,22-/m0/s1. The van der Waals surface area contributed by atoms with Gasteiger partial charge in [-0.3, -0.25) is 14.2 Å². The Morgan fingerprint density at radius 3 is 2.42 bits per heavy atom. The van der Waals surface area contributed by atoms with Crippen LogP contribution in [0.4, 0.5) is 21.1 Å². The summed E-state index contributed by atoms with van der Waals surface area (Å²) in [5.74, 6) is 1.05. The number of urea groups is 1. The number of terminal acetylenes is 1. The van der Waals surface area contributed by atoms with Crippen LogP contribution in [-0.2, 0) is 27.5 Å². The van der Waals surface area contributed by atoms with E-state index in [1.54, 1.807) is 38.1 Å². The van der Waals surface area contributed by atoms with Gasteiger partial charge in [0.1, 0.15) is 18.2 Å². The number of carbonyl (C=O) groups excluding carboxylic acids is 4. The number of anilines is 2. The van der Waals surface area contributed by atoms with Crippen LogP contribution in [0.2, 0.25) is 0 Å². The number of unbranched alkanes of at least 4 members (excludes halogenated alkanes) is 1. The average molecular weight is 667 g/mol. The number of benzene rings is 1. The van der Waals surface area contributed by atoms with E-state index in [-0.39, 0.29) is 55.0 Å². The van der Waals surface area contributed by atoms with Crippen LogP contribution in [-0.4, -0.2) is 68.3 Å². The molecular weight excluding hydrogens is 624 g/mol. The van der Waals surface area contributed by atoms with Crippen molar-refractivity contribution in [1.82, 2.24) is 29.7 Å². The Bertz CT molecular complexity index is 1710. The molecule has 0 radical (unpaired) electrons. The van der Waals surface area contributed by atoms with Crippen LogP contribution >= 0.6 is 0 Å². The number of rotatable bonds is 16. The van der Waals surface area contributed by atoms with Gasteiger partial charge in [0.05, 0.1) is 19.2 Å². The molecule has 17 heteroatoms. The van der Waals surface area contributed by atoms with Crippen LogP contribution < -0.4 is 43.6 Å². The number of nitrogen functional groups attached to an aromatic ring is 1. The molecule has 2 aromatic heterocycles. The van der Waals surface area contributed by atoms with E-state index >= 15 is 0 Å². The molecule has 0 saturated heterocycles. The second kappa shape index (κ2) is 17.3. The topological polar surface area (TPSA) is 254 Å². The van der Waals surface area contributed by atoms with Crippen molar-refractivity contribution in [3.63, 3.8) is 0 Å². The van der Waals surface area contributed by atoms with E-state index in [4.69, 9.17) is 33.1 Å². The first-order valence-corrected chi connectivity index (χ1v) is 15.4. The molecule has 258 valence electrons. The first kappa shape index (κ1) is 36.8. The molecule has 4 amide bonds. The third kappa shape index (κ3) is 9.69. The second-order valence-corrected chi connectivity index (χ2v) is 11.2. The van der Waals surface area contributed by atoms with E-state index in [2.05, 4.69) is 31.8 Å². The highest BCUT2D eigenvalue weighted by molar-refractivity contribution is 5.98. The summed E-state index contributed by atoms with van der Waals surface area (Å²) < 4.78 is 12.7. The Morgan fingerprint density at radius 2 is 1.79 bits per heavy atom. The summed E-state index contributed by atoms with van der Waals surface area (Å²) in [7, 11) is 0. The van der Waals surface area contributed by atoms with Crippen molar-refractivity contribution in [1.29, 1.82) is 0 Å². The van der Waals surface area contributed by atoms with Gasteiger partial charge in [0.2, 0.25) is 11.8 Å². The Labute approximate surface area is 276 Å². The lowest BCUT2D eigenvalue weighted by Crippen LogP contribution is -2.51. The van der Waals surface area contributed by atoms with E-state index in [0.717, 1.165) is 17.4 Å². The summed E-state index contributed by atoms with van der Waals surface area (Å²) in [6, 6.07) is 3.84. The van der Waals surface area contributed by atoms with E-state index in [9.17, 15) is 24.0 Å². The molecule has 0 saturated carbocycles. The van der Waals surface area contributed by atoms with Crippen molar-refractivity contribution >= 4 is 46.6 Å². The van der Waals surface area contributed by atoms with Gasteiger partial charge in [-0.2, -0.15) is 14.5 Å². The van der Waals surface area contributed by atoms with Crippen LogP contribution in [0.15, 0.2) is 29.1 Å². The van der Waals surface area contributed by atoms with Gasteiger partial charge >= 0.3 is 23.8 Å². The van der Waals surface area contributed by atoms with Gasteiger partial charge in [0, 0.05) is 12.2 Å². The van der Waals surface area contributed by atoms with Crippen molar-refractivity contribution in [2.45, 2.75) is 71.7 Å². The number of hydrogen-bond donors (Lipinski definition) is 6. The highest BCUT2D eigenvalue weighted by atomic mass is 16.5. The number of fused-ring (bicyclic) bond motifs is 1. The number of nitrogens with one attached hydrogen (secondary N) is 3. The predicted molar refractivity (Wildman–Crippen MR) is 178 cm³/mol. The lowest BCUT2D eigenvalue weighted by molar-refractivity contribution is -0.128. The fourth-order valence-corrected chi connectivity index (χ4v) is 4.40. The summed E-state index contributed by atoms with van der Waals surface area (Å²) >= 11 is 0. The van der Waals surface area contributed by atoms with Gasteiger partial charge in [-0.05, 0) is 42.9 Å². The van der Waals surface area contributed by atoms with Crippen LogP contribution in [0.1, 0.15) is 52.0 Å². The first-order chi connectivity index (χ1) is 22.9. The van der Waals surface area contributed by atoms with Crippen LogP contribution in [0.25, 0.3) is 11.2 Å². The van der Waals surface area contributed by atoms with Gasteiger partial charge < -0.3 is 42.6 Å². The van der Waals surface area contributed by atoms with Gasteiger partial charge in [0.25, 0.3) is 0 Å². The van der Waals surface area contributed by atoms with Gasteiger partial charge in [-0.15, -0.1) is 6.42 Å². The molecule has 0 aliphatic carbocycles. The molecule has 0 fully saturated rings. The van der Waals surface area contributed by atoms with Crippen molar-refractivity contribution < 1.29 is 28.7 Å². The summed E-state index contributed by atoms with van der Waals surface area (Å²) in [6.45, 7) is 5.69. The number of hydrogen-bond acceptors (Lipinski definition) is 11. The van der Waals surface area contributed by atoms with Crippen LogP contribution in [0.5, 0.6) is 6.01 Å². The largest absolute Gasteiger partial charge is 0.463 e. The highest BCUT2D eigenvalue weighted by Gasteiger charge is 2.26. The monoisotopic (exact) mass is 666 g/mol. The van der Waals surface area contributed by atoms with Crippen molar-refractivity contribution in [3.05, 3.63) is 40.3 Å². The first-order valence-electron chi connectivity index (χ1n) is 15.4. The minimum atomic E-state index is -1.03. The quantitative estimate of drug-likeness (QED) is 0.0930. The van der Waals surface area contributed by atoms with Gasteiger partial charge in [0.15, 0.2) is 11.5 Å². The fourth-order valence-electron chi connectivity index (χ4n) is 4.40. The van der Waals surface area contributed by atoms with E-state index in [1.807, 2.05) is 6.92 Å². The zero-order chi connectivity index (χ0) is 35.4. The number of amides is 4. The number of nitrogens with two attached hydrogens (primary N) is 3. The predicted octanol–water partition coefficient (Wildman–Crippen LogP) is 1.03.